The molecular weight excluding hydrogens is 264 g/mol. The minimum Gasteiger partial charge on any atom is -0.295 e. The molecule has 0 unspecified atom stereocenters. The zero-order valence-electron chi connectivity index (χ0n) is 9.37. The Bertz CT molecular complexity index is 401. The molecule has 0 saturated heterocycles. The fraction of sp³-hybridized carbons (Fsp3) is 0.214. The van der Waals surface area contributed by atoms with Crippen LogP contribution in [-0.2, 0) is 4.79 Å². The highest BCUT2D eigenvalue weighted by molar-refractivity contribution is 9.10. The van der Waals surface area contributed by atoms with Crippen molar-refractivity contribution in [1.29, 1.82) is 0 Å². The number of benzene rings is 1. The summed E-state index contributed by atoms with van der Waals surface area (Å²) >= 11 is 3.38. The summed E-state index contributed by atoms with van der Waals surface area (Å²) in [5.41, 5.74) is 1.90. The number of carbonyl (C=O) groups is 1. The number of Topliss-reactive ketones (excluding diaryl/α,β-unsaturated/α-hetero) is 1. The van der Waals surface area contributed by atoms with Crippen LogP contribution in [0.4, 0.5) is 0 Å². The van der Waals surface area contributed by atoms with Crippen LogP contribution in [0.3, 0.4) is 0 Å². The Labute approximate surface area is 105 Å². The molecule has 0 atom stereocenters. The summed E-state index contributed by atoms with van der Waals surface area (Å²) in [4.78, 5) is 11.4. The molecule has 0 aliphatic heterocycles. The molecule has 2 heteroatoms. The molecule has 0 saturated carbocycles. The fourth-order valence-corrected chi connectivity index (χ4v) is 1.63. The summed E-state index contributed by atoms with van der Waals surface area (Å²) in [6.45, 7) is 5.27. The Kier molecular flexibility index (Phi) is 5.20. The zero-order valence-corrected chi connectivity index (χ0v) is 11.0. The van der Waals surface area contributed by atoms with Crippen LogP contribution in [0, 0.1) is 0 Å². The van der Waals surface area contributed by atoms with Gasteiger partial charge in [0.1, 0.15) is 0 Å². The van der Waals surface area contributed by atoms with Crippen molar-refractivity contribution in [1.82, 2.24) is 0 Å². The summed E-state index contributed by atoms with van der Waals surface area (Å²) in [5.74, 6) is 0.129. The third-order valence-corrected chi connectivity index (χ3v) is 2.81. The van der Waals surface area contributed by atoms with E-state index in [1.165, 1.54) is 0 Å². The Balaban J connectivity index is 2.88. The molecule has 0 heterocycles. The van der Waals surface area contributed by atoms with Gasteiger partial charge in [0.2, 0.25) is 0 Å². The predicted octanol–water partition coefficient (Wildman–Crippen LogP) is 4.39. The number of carbonyl (C=O) groups excluding carboxylic acids is 1. The molecule has 1 nitrogen and oxygen atoms in total. The highest BCUT2D eigenvalue weighted by Gasteiger charge is 2.02. The number of allylic oxidation sites excluding steroid dienone is 2. The lowest BCUT2D eigenvalue weighted by atomic mass is 10.0. The SMILES string of the molecule is C=CCC/C(=C\c1ccc(Br)cc1)C(C)=O. The Hall–Kier alpha value is -1.15. The van der Waals surface area contributed by atoms with Crippen molar-refractivity contribution < 1.29 is 4.79 Å². The number of hydrogen-bond acceptors (Lipinski definition) is 1. The van der Waals surface area contributed by atoms with Gasteiger partial charge in [0.25, 0.3) is 0 Å². The second kappa shape index (κ2) is 6.44. The van der Waals surface area contributed by atoms with E-state index in [0.717, 1.165) is 28.5 Å². The zero-order chi connectivity index (χ0) is 12.0. The molecule has 0 radical (unpaired) electrons. The fourth-order valence-electron chi connectivity index (χ4n) is 1.37. The van der Waals surface area contributed by atoms with Crippen LogP contribution in [0.5, 0.6) is 0 Å². The number of halogens is 1. The van der Waals surface area contributed by atoms with Crippen molar-refractivity contribution in [3.63, 3.8) is 0 Å². The van der Waals surface area contributed by atoms with Crippen molar-refractivity contribution in [3.05, 3.63) is 52.5 Å². The van der Waals surface area contributed by atoms with Gasteiger partial charge in [-0.1, -0.05) is 34.1 Å². The molecule has 16 heavy (non-hydrogen) atoms. The van der Waals surface area contributed by atoms with Gasteiger partial charge < -0.3 is 0 Å². The van der Waals surface area contributed by atoms with E-state index < -0.39 is 0 Å². The normalized spacial score (nSPS) is 11.2. The summed E-state index contributed by atoms with van der Waals surface area (Å²) in [7, 11) is 0. The van der Waals surface area contributed by atoms with E-state index in [9.17, 15) is 4.79 Å². The second-order valence-electron chi connectivity index (χ2n) is 3.60. The Morgan fingerprint density at radius 2 is 2.00 bits per heavy atom. The van der Waals surface area contributed by atoms with Crippen LogP contribution < -0.4 is 0 Å². The maximum atomic E-state index is 11.4. The van der Waals surface area contributed by atoms with Crippen LogP contribution in [0.15, 0.2) is 47.0 Å². The van der Waals surface area contributed by atoms with E-state index in [2.05, 4.69) is 22.5 Å². The molecular formula is C14H15BrO. The van der Waals surface area contributed by atoms with Crippen molar-refractivity contribution >= 4 is 27.8 Å². The lowest BCUT2D eigenvalue weighted by molar-refractivity contribution is -0.113. The topological polar surface area (TPSA) is 17.1 Å². The summed E-state index contributed by atoms with van der Waals surface area (Å²) in [6.07, 6.45) is 5.37. The molecule has 0 fully saturated rings. The van der Waals surface area contributed by atoms with Gasteiger partial charge in [0, 0.05) is 4.47 Å². The summed E-state index contributed by atoms with van der Waals surface area (Å²) < 4.78 is 1.04. The lowest BCUT2D eigenvalue weighted by Crippen LogP contribution is -1.96. The average molecular weight is 279 g/mol. The highest BCUT2D eigenvalue weighted by atomic mass is 79.9. The maximum Gasteiger partial charge on any atom is 0.155 e. The first-order valence-electron chi connectivity index (χ1n) is 5.21. The molecule has 0 amide bonds. The predicted molar refractivity (Wildman–Crippen MR) is 72.2 cm³/mol. The molecule has 1 aromatic carbocycles. The van der Waals surface area contributed by atoms with E-state index in [-0.39, 0.29) is 5.78 Å². The molecule has 0 aliphatic carbocycles. The average Bonchev–Trinajstić information content (AvgIpc) is 2.26. The van der Waals surface area contributed by atoms with Crippen LogP contribution in [0.25, 0.3) is 6.08 Å². The molecule has 84 valence electrons. The molecule has 0 spiro atoms. The molecule has 0 aromatic heterocycles. The maximum absolute atomic E-state index is 11.4. The van der Waals surface area contributed by atoms with Crippen LogP contribution in [-0.4, -0.2) is 5.78 Å². The van der Waals surface area contributed by atoms with E-state index in [0.29, 0.717) is 0 Å². The second-order valence-corrected chi connectivity index (χ2v) is 4.52. The third-order valence-electron chi connectivity index (χ3n) is 2.28. The molecule has 0 N–H and O–H groups in total. The molecule has 1 rings (SSSR count). The largest absolute Gasteiger partial charge is 0.295 e. The monoisotopic (exact) mass is 278 g/mol. The highest BCUT2D eigenvalue weighted by Crippen LogP contribution is 2.16. The Morgan fingerprint density at radius 1 is 1.38 bits per heavy atom. The van der Waals surface area contributed by atoms with Gasteiger partial charge in [0.15, 0.2) is 5.78 Å². The van der Waals surface area contributed by atoms with Crippen LogP contribution in [0.1, 0.15) is 25.3 Å². The Morgan fingerprint density at radius 3 is 2.50 bits per heavy atom. The quantitative estimate of drug-likeness (QED) is 0.577. The first-order valence-corrected chi connectivity index (χ1v) is 6.00. The van der Waals surface area contributed by atoms with Gasteiger partial charge in [-0.15, -0.1) is 6.58 Å². The van der Waals surface area contributed by atoms with Crippen LogP contribution >= 0.6 is 15.9 Å². The van der Waals surface area contributed by atoms with Crippen molar-refractivity contribution in [2.45, 2.75) is 19.8 Å². The van der Waals surface area contributed by atoms with Gasteiger partial charge in [-0.25, -0.2) is 0 Å². The standard InChI is InChI=1S/C14H15BrO/c1-3-4-5-13(11(2)16)10-12-6-8-14(15)9-7-12/h3,6-10H,1,4-5H2,2H3/b13-10+. The van der Waals surface area contributed by atoms with E-state index in [1.54, 1.807) is 6.92 Å². The first-order chi connectivity index (χ1) is 7.63. The van der Waals surface area contributed by atoms with Gasteiger partial charge in [-0.2, -0.15) is 0 Å². The van der Waals surface area contributed by atoms with Gasteiger partial charge in [-0.05, 0) is 49.1 Å². The van der Waals surface area contributed by atoms with Crippen molar-refractivity contribution in [2.75, 3.05) is 0 Å². The minimum absolute atomic E-state index is 0.129. The van der Waals surface area contributed by atoms with E-state index in [1.807, 2.05) is 36.4 Å². The first kappa shape index (κ1) is 12.9. The molecule has 0 bridgehead atoms. The summed E-state index contributed by atoms with van der Waals surface area (Å²) in [5, 5.41) is 0. The van der Waals surface area contributed by atoms with Gasteiger partial charge in [0.05, 0.1) is 0 Å². The number of hydrogen-bond donors (Lipinski definition) is 0. The van der Waals surface area contributed by atoms with E-state index in [4.69, 9.17) is 0 Å². The minimum atomic E-state index is 0.129. The number of rotatable bonds is 5. The molecule has 1 aromatic rings. The van der Waals surface area contributed by atoms with Gasteiger partial charge in [-0.3, -0.25) is 4.79 Å². The molecule has 0 aliphatic rings. The summed E-state index contributed by atoms with van der Waals surface area (Å²) in [6, 6.07) is 7.91. The van der Waals surface area contributed by atoms with Crippen molar-refractivity contribution in [3.8, 4) is 0 Å². The van der Waals surface area contributed by atoms with Crippen LogP contribution in [0.2, 0.25) is 0 Å². The van der Waals surface area contributed by atoms with E-state index >= 15 is 0 Å². The van der Waals surface area contributed by atoms with Crippen molar-refractivity contribution in [2.24, 2.45) is 0 Å². The smallest absolute Gasteiger partial charge is 0.155 e. The van der Waals surface area contributed by atoms with Gasteiger partial charge >= 0.3 is 0 Å². The number of ketones is 1. The third kappa shape index (κ3) is 4.15. The lowest BCUT2D eigenvalue weighted by Gasteiger charge is -2.02.